The van der Waals surface area contributed by atoms with Crippen LogP contribution in [0.5, 0.6) is 0 Å². The number of halogens is 6. The zero-order valence-corrected chi connectivity index (χ0v) is 15.5. The molecule has 1 heterocycles. The molecule has 4 nitrogen and oxygen atoms in total. The van der Waals surface area contributed by atoms with Crippen LogP contribution >= 0.6 is 0 Å². The number of carbonyl (C=O) groups is 1. The summed E-state index contributed by atoms with van der Waals surface area (Å²) in [5, 5.41) is 0. The predicted octanol–water partition coefficient (Wildman–Crippen LogP) is 4.60. The average molecular weight is 412 g/mol. The normalized spacial score (nSPS) is 17.9. The fourth-order valence-electron chi connectivity index (χ4n) is 3.10. The topological polar surface area (TPSA) is 32.8 Å². The van der Waals surface area contributed by atoms with Gasteiger partial charge in [-0.2, -0.15) is 26.3 Å². The highest BCUT2D eigenvalue weighted by atomic mass is 19.4. The molecule has 0 atom stereocenters. The third-order valence-electron chi connectivity index (χ3n) is 5.10. The summed E-state index contributed by atoms with van der Waals surface area (Å²) in [7, 11) is 1.89. The van der Waals surface area contributed by atoms with Crippen molar-refractivity contribution in [1.29, 1.82) is 0 Å². The largest absolute Gasteiger partial charge is 0.434 e. The SMILES string of the molecule is CN(Cc1ccccc1)C1(C)CCN(C(=O)OC(C(F)(F)F)C(F)(F)F)CC1. The van der Waals surface area contributed by atoms with Crippen LogP contribution in [0.15, 0.2) is 30.3 Å². The molecular formula is C18H22F6N2O2. The first kappa shape index (κ1) is 22.3. The van der Waals surface area contributed by atoms with Crippen molar-refractivity contribution in [3.05, 3.63) is 35.9 Å². The van der Waals surface area contributed by atoms with E-state index < -0.39 is 24.5 Å². The number of piperidine rings is 1. The number of amides is 1. The maximum absolute atomic E-state index is 12.6. The van der Waals surface area contributed by atoms with E-state index in [0.29, 0.717) is 19.4 Å². The Hall–Kier alpha value is -1.97. The number of likely N-dealkylation sites (tertiary alicyclic amines) is 1. The van der Waals surface area contributed by atoms with E-state index in [1.54, 1.807) is 0 Å². The summed E-state index contributed by atoms with van der Waals surface area (Å²) in [5.74, 6) is 0. The first-order valence-electron chi connectivity index (χ1n) is 8.67. The second-order valence-corrected chi connectivity index (χ2v) is 7.17. The molecule has 2 rings (SSSR count). The smallest absolute Gasteiger partial charge is 0.426 e. The zero-order chi connectivity index (χ0) is 21.2. The monoisotopic (exact) mass is 412 g/mol. The van der Waals surface area contributed by atoms with Crippen LogP contribution in [-0.2, 0) is 11.3 Å². The molecule has 158 valence electrons. The molecule has 1 amide bonds. The number of hydrogen-bond acceptors (Lipinski definition) is 3. The van der Waals surface area contributed by atoms with Gasteiger partial charge < -0.3 is 9.64 Å². The van der Waals surface area contributed by atoms with E-state index >= 15 is 0 Å². The van der Waals surface area contributed by atoms with Gasteiger partial charge in [0.05, 0.1) is 0 Å². The minimum Gasteiger partial charge on any atom is -0.426 e. The number of ether oxygens (including phenoxy) is 1. The molecule has 28 heavy (non-hydrogen) atoms. The number of hydrogen-bond donors (Lipinski definition) is 0. The Morgan fingerprint density at radius 3 is 2.07 bits per heavy atom. The van der Waals surface area contributed by atoms with Crippen molar-refractivity contribution in [2.75, 3.05) is 20.1 Å². The predicted molar refractivity (Wildman–Crippen MR) is 89.5 cm³/mol. The van der Waals surface area contributed by atoms with Gasteiger partial charge in [0.25, 0.3) is 6.10 Å². The maximum Gasteiger partial charge on any atom is 0.434 e. The van der Waals surface area contributed by atoms with Gasteiger partial charge in [-0.1, -0.05) is 30.3 Å². The average Bonchev–Trinajstić information content (AvgIpc) is 2.59. The van der Waals surface area contributed by atoms with Crippen LogP contribution < -0.4 is 0 Å². The molecule has 0 spiro atoms. The van der Waals surface area contributed by atoms with Crippen LogP contribution in [0.25, 0.3) is 0 Å². The lowest BCUT2D eigenvalue weighted by Crippen LogP contribution is -2.54. The molecule has 10 heteroatoms. The quantitative estimate of drug-likeness (QED) is 0.678. The van der Waals surface area contributed by atoms with Gasteiger partial charge in [-0.15, -0.1) is 0 Å². The molecule has 1 saturated heterocycles. The van der Waals surface area contributed by atoms with Crippen LogP contribution in [0.4, 0.5) is 31.1 Å². The van der Waals surface area contributed by atoms with Crippen LogP contribution in [0.1, 0.15) is 25.3 Å². The molecule has 1 fully saturated rings. The van der Waals surface area contributed by atoms with Crippen molar-refractivity contribution in [2.45, 2.75) is 50.3 Å². The number of carbonyl (C=O) groups excluding carboxylic acids is 1. The number of nitrogens with zero attached hydrogens (tertiary/aromatic N) is 2. The van der Waals surface area contributed by atoms with Gasteiger partial charge in [0.1, 0.15) is 0 Å². The Labute approximate surface area is 159 Å². The van der Waals surface area contributed by atoms with Gasteiger partial charge in [0.2, 0.25) is 0 Å². The third kappa shape index (κ3) is 5.52. The van der Waals surface area contributed by atoms with E-state index in [-0.39, 0.29) is 18.6 Å². The summed E-state index contributed by atoms with van der Waals surface area (Å²) >= 11 is 0. The first-order valence-corrected chi connectivity index (χ1v) is 8.67. The van der Waals surface area contributed by atoms with Crippen LogP contribution in [0.3, 0.4) is 0 Å². The Balaban J connectivity index is 1.95. The zero-order valence-electron chi connectivity index (χ0n) is 15.5. The fourth-order valence-corrected chi connectivity index (χ4v) is 3.10. The van der Waals surface area contributed by atoms with E-state index in [1.807, 2.05) is 44.3 Å². The molecule has 1 aliphatic rings. The van der Waals surface area contributed by atoms with Crippen LogP contribution in [0, 0.1) is 0 Å². The van der Waals surface area contributed by atoms with E-state index in [9.17, 15) is 31.1 Å². The number of benzene rings is 1. The van der Waals surface area contributed by atoms with Crippen molar-refractivity contribution in [1.82, 2.24) is 9.80 Å². The van der Waals surface area contributed by atoms with E-state index in [4.69, 9.17) is 0 Å². The van der Waals surface area contributed by atoms with Gasteiger partial charge in [0, 0.05) is 25.2 Å². The lowest BCUT2D eigenvalue weighted by atomic mass is 9.88. The Bertz CT molecular complexity index is 640. The summed E-state index contributed by atoms with van der Waals surface area (Å²) in [5.41, 5.74) is 0.728. The summed E-state index contributed by atoms with van der Waals surface area (Å²) < 4.78 is 79.1. The van der Waals surface area contributed by atoms with Crippen molar-refractivity contribution < 1.29 is 35.9 Å². The molecule has 0 aliphatic carbocycles. The Morgan fingerprint density at radius 2 is 1.61 bits per heavy atom. The first-order chi connectivity index (χ1) is 12.8. The molecule has 0 unspecified atom stereocenters. The Kier molecular flexibility index (Phi) is 6.52. The third-order valence-corrected chi connectivity index (χ3v) is 5.10. The number of alkyl halides is 6. The van der Waals surface area contributed by atoms with Crippen molar-refractivity contribution in [3.63, 3.8) is 0 Å². The molecule has 0 radical (unpaired) electrons. The van der Waals surface area contributed by atoms with Gasteiger partial charge in [-0.3, -0.25) is 4.90 Å². The molecular weight excluding hydrogens is 390 g/mol. The van der Waals surface area contributed by atoms with E-state index in [0.717, 1.165) is 10.5 Å². The summed E-state index contributed by atoms with van der Waals surface area (Å²) in [6, 6.07) is 9.62. The van der Waals surface area contributed by atoms with Crippen LogP contribution in [-0.4, -0.2) is 60.0 Å². The molecule has 1 aromatic carbocycles. The molecule has 0 bridgehead atoms. The lowest BCUT2D eigenvalue weighted by molar-refractivity contribution is -0.308. The van der Waals surface area contributed by atoms with Crippen LogP contribution in [0.2, 0.25) is 0 Å². The highest BCUT2D eigenvalue weighted by molar-refractivity contribution is 5.68. The summed E-state index contributed by atoms with van der Waals surface area (Å²) in [6.07, 6.45) is -16.4. The van der Waals surface area contributed by atoms with E-state index in [1.165, 1.54) is 0 Å². The molecule has 1 aliphatic heterocycles. The van der Waals surface area contributed by atoms with Gasteiger partial charge in [-0.05, 0) is 32.4 Å². The molecule has 1 aromatic rings. The van der Waals surface area contributed by atoms with Gasteiger partial charge in [-0.25, -0.2) is 4.79 Å². The number of rotatable bonds is 4. The fraction of sp³-hybridized carbons (Fsp3) is 0.611. The minimum atomic E-state index is -5.71. The highest BCUT2D eigenvalue weighted by Crippen LogP contribution is 2.36. The van der Waals surface area contributed by atoms with Gasteiger partial charge >= 0.3 is 18.4 Å². The molecule has 0 aromatic heterocycles. The van der Waals surface area contributed by atoms with Gasteiger partial charge in [0.15, 0.2) is 0 Å². The minimum absolute atomic E-state index is 0.0108. The lowest BCUT2D eigenvalue weighted by Gasteiger charge is -2.45. The summed E-state index contributed by atoms with van der Waals surface area (Å²) in [4.78, 5) is 14.8. The second kappa shape index (κ2) is 8.18. The standard InChI is InChI=1S/C18H22F6N2O2/c1-16(25(2)12-13-6-4-3-5-7-13)8-10-26(11-9-16)15(27)28-14(17(19,20)21)18(22,23)24/h3-7,14H,8-12H2,1-2H3. The van der Waals surface area contributed by atoms with Crippen molar-refractivity contribution in [3.8, 4) is 0 Å². The highest BCUT2D eigenvalue weighted by Gasteiger charge is 2.60. The summed E-state index contributed by atoms with van der Waals surface area (Å²) in [6.45, 7) is 2.60. The van der Waals surface area contributed by atoms with E-state index in [2.05, 4.69) is 9.64 Å². The molecule has 0 saturated carbocycles. The van der Waals surface area contributed by atoms with Crippen molar-refractivity contribution in [2.24, 2.45) is 0 Å². The molecule has 0 N–H and O–H groups in total. The van der Waals surface area contributed by atoms with Crippen molar-refractivity contribution >= 4 is 6.09 Å². The Morgan fingerprint density at radius 1 is 1.11 bits per heavy atom. The maximum atomic E-state index is 12.6. The second-order valence-electron chi connectivity index (χ2n) is 7.17.